The lowest BCUT2D eigenvalue weighted by Crippen LogP contribution is -2.19. The summed E-state index contributed by atoms with van der Waals surface area (Å²) in [5.41, 5.74) is 0.118. The molecule has 0 spiro atoms. The number of carbonyl (C=O) groups excluding carboxylic acids is 1. The molecule has 0 saturated carbocycles. The zero-order chi connectivity index (χ0) is 14.6. The number of halogens is 4. The Morgan fingerprint density at radius 3 is 2.53 bits per heavy atom. The van der Waals surface area contributed by atoms with Crippen molar-refractivity contribution in [1.29, 1.82) is 0 Å². The van der Waals surface area contributed by atoms with E-state index in [0.717, 1.165) is 6.20 Å². The highest BCUT2D eigenvalue weighted by Gasteiger charge is 2.34. The number of alkyl halides is 3. The first-order valence-electron chi connectivity index (χ1n) is 4.82. The minimum absolute atomic E-state index is 0.0414. The summed E-state index contributed by atoms with van der Waals surface area (Å²) >= 11 is 1.60. The number of hydrogen-bond donors (Lipinski definition) is 0. The summed E-state index contributed by atoms with van der Waals surface area (Å²) in [7, 11) is 2.36. The van der Waals surface area contributed by atoms with Gasteiger partial charge in [0.25, 0.3) is 0 Å². The third-order valence-corrected chi connectivity index (χ3v) is 3.10. The molecule has 0 unspecified atom stereocenters. The van der Waals surface area contributed by atoms with Gasteiger partial charge in [0.15, 0.2) is 11.5 Å². The van der Waals surface area contributed by atoms with Gasteiger partial charge in [-0.25, -0.2) is 0 Å². The Morgan fingerprint density at radius 2 is 2.05 bits per heavy atom. The van der Waals surface area contributed by atoms with Crippen LogP contribution in [0.1, 0.15) is 5.69 Å². The van der Waals surface area contributed by atoms with Crippen LogP contribution in [-0.4, -0.2) is 31.5 Å². The Hall–Kier alpha value is -1.26. The average molecular weight is 391 g/mol. The maximum absolute atomic E-state index is 12.3. The van der Waals surface area contributed by atoms with E-state index < -0.39 is 18.1 Å². The third-order valence-electron chi connectivity index (χ3n) is 1.99. The number of methoxy groups -OCH3 is 2. The molecule has 0 N–H and O–H groups in total. The molecule has 0 radical (unpaired) electrons. The normalized spacial score (nSPS) is 11.1. The van der Waals surface area contributed by atoms with E-state index in [1.165, 1.54) is 14.2 Å². The van der Waals surface area contributed by atoms with Crippen LogP contribution in [0.3, 0.4) is 0 Å². The first-order valence-corrected chi connectivity index (χ1v) is 5.90. The van der Waals surface area contributed by atoms with Crippen LogP contribution in [0.25, 0.3) is 0 Å². The molecule has 0 aliphatic heterocycles. The number of aromatic nitrogens is 1. The van der Waals surface area contributed by atoms with E-state index in [9.17, 15) is 18.0 Å². The maximum Gasteiger partial charge on any atom is 0.573 e. The molecule has 106 valence electrons. The number of nitrogens with zero attached hydrogens (tertiary/aromatic N) is 1. The number of esters is 1. The van der Waals surface area contributed by atoms with Gasteiger partial charge in [0, 0.05) is 0 Å². The van der Waals surface area contributed by atoms with E-state index in [4.69, 9.17) is 4.74 Å². The van der Waals surface area contributed by atoms with E-state index in [1.807, 2.05) is 0 Å². The van der Waals surface area contributed by atoms with Gasteiger partial charge in [0.05, 0.1) is 36.1 Å². The first-order chi connectivity index (χ1) is 8.78. The lowest BCUT2D eigenvalue weighted by Gasteiger charge is -2.15. The van der Waals surface area contributed by atoms with Gasteiger partial charge >= 0.3 is 12.3 Å². The molecule has 1 aromatic rings. The Balaban J connectivity index is 3.18. The molecule has 19 heavy (non-hydrogen) atoms. The number of carbonyl (C=O) groups is 1. The van der Waals surface area contributed by atoms with Crippen molar-refractivity contribution in [1.82, 2.24) is 4.98 Å². The van der Waals surface area contributed by atoms with Gasteiger partial charge in [-0.05, 0) is 22.6 Å². The van der Waals surface area contributed by atoms with Gasteiger partial charge in [-0.3, -0.25) is 9.78 Å². The number of rotatable bonds is 4. The summed E-state index contributed by atoms with van der Waals surface area (Å²) in [6.07, 6.45) is -4.06. The Morgan fingerprint density at radius 1 is 1.42 bits per heavy atom. The largest absolute Gasteiger partial charge is 0.573 e. The molecule has 0 saturated heterocycles. The van der Waals surface area contributed by atoms with Crippen LogP contribution < -0.4 is 9.47 Å². The van der Waals surface area contributed by atoms with Crippen LogP contribution >= 0.6 is 22.6 Å². The van der Waals surface area contributed by atoms with Crippen LogP contribution in [0.4, 0.5) is 13.2 Å². The zero-order valence-corrected chi connectivity index (χ0v) is 12.0. The summed E-state index contributed by atoms with van der Waals surface area (Å²) in [5.74, 6) is -1.31. The molecule has 0 aliphatic rings. The average Bonchev–Trinajstić information content (AvgIpc) is 2.32. The summed E-state index contributed by atoms with van der Waals surface area (Å²) in [6, 6.07) is 0. The quantitative estimate of drug-likeness (QED) is 0.583. The van der Waals surface area contributed by atoms with Crippen molar-refractivity contribution in [2.75, 3.05) is 14.2 Å². The summed E-state index contributed by atoms with van der Waals surface area (Å²) < 4.78 is 50.0. The number of hydrogen-bond acceptors (Lipinski definition) is 5. The van der Waals surface area contributed by atoms with Crippen molar-refractivity contribution in [3.8, 4) is 11.5 Å². The van der Waals surface area contributed by atoms with Gasteiger partial charge < -0.3 is 14.2 Å². The van der Waals surface area contributed by atoms with Crippen molar-refractivity contribution in [2.45, 2.75) is 12.8 Å². The van der Waals surface area contributed by atoms with Crippen molar-refractivity contribution >= 4 is 28.6 Å². The Bertz CT molecular complexity index is 479. The molecule has 0 aromatic carbocycles. The molecule has 9 heteroatoms. The van der Waals surface area contributed by atoms with E-state index in [1.54, 1.807) is 22.6 Å². The molecular formula is C10H9F3INO4. The first kappa shape index (κ1) is 15.8. The molecule has 1 heterocycles. The predicted molar refractivity (Wildman–Crippen MR) is 65.9 cm³/mol. The molecule has 1 rings (SSSR count). The van der Waals surface area contributed by atoms with Crippen LogP contribution in [-0.2, 0) is 16.0 Å². The second-order valence-corrected chi connectivity index (χ2v) is 4.30. The van der Waals surface area contributed by atoms with E-state index in [-0.39, 0.29) is 21.4 Å². The molecule has 1 aromatic heterocycles. The molecule has 5 nitrogen and oxygen atoms in total. The molecular weight excluding hydrogens is 382 g/mol. The van der Waals surface area contributed by atoms with E-state index in [0.29, 0.717) is 0 Å². The molecule has 0 atom stereocenters. The summed E-state index contributed by atoms with van der Waals surface area (Å²) in [5, 5.41) is 0. The van der Waals surface area contributed by atoms with Gasteiger partial charge in [-0.15, -0.1) is 13.2 Å². The minimum Gasteiger partial charge on any atom is -0.491 e. The lowest BCUT2D eigenvalue weighted by molar-refractivity contribution is -0.275. The van der Waals surface area contributed by atoms with Gasteiger partial charge in [0.1, 0.15) is 0 Å². The van der Waals surface area contributed by atoms with Gasteiger partial charge in [-0.1, -0.05) is 0 Å². The topological polar surface area (TPSA) is 57.7 Å². The van der Waals surface area contributed by atoms with Crippen molar-refractivity contribution in [3.05, 3.63) is 15.5 Å². The molecule has 0 amide bonds. The van der Waals surface area contributed by atoms with Gasteiger partial charge in [-0.2, -0.15) is 0 Å². The Kier molecular flexibility index (Phi) is 5.20. The fourth-order valence-corrected chi connectivity index (χ4v) is 1.89. The summed E-state index contributed by atoms with van der Waals surface area (Å²) in [4.78, 5) is 15.0. The number of pyridine rings is 1. The Labute approximate surface area is 120 Å². The maximum atomic E-state index is 12.3. The fraction of sp³-hybridized carbons (Fsp3) is 0.400. The zero-order valence-electron chi connectivity index (χ0n) is 9.88. The smallest absolute Gasteiger partial charge is 0.491 e. The van der Waals surface area contributed by atoms with E-state index >= 15 is 0 Å². The van der Waals surface area contributed by atoms with Crippen LogP contribution in [0.5, 0.6) is 11.5 Å². The SMILES string of the molecule is COC(=O)Cc1ncc(OC)c(OC(F)(F)F)c1I. The monoisotopic (exact) mass is 391 g/mol. The second kappa shape index (κ2) is 6.26. The van der Waals surface area contributed by atoms with Crippen molar-refractivity contribution < 1.29 is 32.2 Å². The van der Waals surface area contributed by atoms with Crippen LogP contribution in [0, 0.1) is 3.57 Å². The summed E-state index contributed by atoms with van der Waals surface area (Å²) in [6.45, 7) is 0. The minimum atomic E-state index is -4.86. The second-order valence-electron chi connectivity index (χ2n) is 3.22. The van der Waals surface area contributed by atoms with Crippen LogP contribution in [0.15, 0.2) is 6.20 Å². The molecule has 0 aliphatic carbocycles. The number of ether oxygens (including phenoxy) is 3. The van der Waals surface area contributed by atoms with E-state index in [2.05, 4.69) is 14.5 Å². The highest BCUT2D eigenvalue weighted by Crippen LogP contribution is 2.37. The highest BCUT2D eigenvalue weighted by molar-refractivity contribution is 14.1. The highest BCUT2D eigenvalue weighted by atomic mass is 127. The standard InChI is InChI=1S/C10H9F3INO4/c1-17-6-4-15-5(3-7(16)18-2)8(14)9(6)19-10(11,12)13/h4H,3H2,1-2H3. The third kappa shape index (κ3) is 4.40. The van der Waals surface area contributed by atoms with Crippen molar-refractivity contribution in [3.63, 3.8) is 0 Å². The molecule has 0 fully saturated rings. The lowest BCUT2D eigenvalue weighted by atomic mass is 10.2. The predicted octanol–water partition coefficient (Wildman–Crippen LogP) is 2.31. The van der Waals surface area contributed by atoms with Crippen molar-refractivity contribution in [2.24, 2.45) is 0 Å². The van der Waals surface area contributed by atoms with Crippen LogP contribution in [0.2, 0.25) is 0 Å². The molecule has 0 bridgehead atoms. The fourth-order valence-electron chi connectivity index (χ4n) is 1.18. The van der Waals surface area contributed by atoms with Gasteiger partial charge in [0.2, 0.25) is 0 Å².